The highest BCUT2D eigenvalue weighted by Gasteiger charge is 2.15. The zero-order chi connectivity index (χ0) is 8.04. The van der Waals surface area contributed by atoms with Crippen LogP contribution in [0.1, 0.15) is 33.6 Å². The van der Waals surface area contributed by atoms with Crippen LogP contribution in [0.3, 0.4) is 0 Å². The maximum absolute atomic E-state index is 11.8. The van der Waals surface area contributed by atoms with Crippen LogP contribution in [0.2, 0.25) is 0 Å². The molecule has 0 aliphatic heterocycles. The van der Waals surface area contributed by atoms with Crippen LogP contribution < -0.4 is 0 Å². The van der Waals surface area contributed by atoms with E-state index in [2.05, 4.69) is 13.8 Å². The molecule has 10 heavy (non-hydrogen) atoms. The van der Waals surface area contributed by atoms with Gasteiger partial charge in [0.05, 0.1) is 7.14 Å². The van der Waals surface area contributed by atoms with E-state index in [4.69, 9.17) is 0 Å². The summed E-state index contributed by atoms with van der Waals surface area (Å²) < 4.78 is 11.8. The molecule has 0 atom stereocenters. The van der Waals surface area contributed by atoms with Crippen LogP contribution in [-0.4, -0.2) is 18.5 Å². The van der Waals surface area contributed by atoms with Crippen molar-refractivity contribution in [3.63, 3.8) is 0 Å². The summed E-state index contributed by atoms with van der Waals surface area (Å²) >= 11 is 0. The summed E-state index contributed by atoms with van der Waals surface area (Å²) in [5.74, 6) is 0. The zero-order valence-electron chi connectivity index (χ0n) is 7.39. The summed E-state index contributed by atoms with van der Waals surface area (Å²) in [6.45, 7) is 6.27. The fraction of sp³-hybridized carbons (Fsp3) is 1.00. The summed E-state index contributed by atoms with van der Waals surface area (Å²) in [6, 6.07) is 0. The molecule has 62 valence electrons. The lowest BCUT2D eigenvalue weighted by Crippen LogP contribution is -1.95. The molecule has 0 aliphatic rings. The van der Waals surface area contributed by atoms with Gasteiger partial charge in [0.15, 0.2) is 0 Å². The molecular weight excluding hydrogens is 143 g/mol. The Kier molecular flexibility index (Phi) is 5.07. The van der Waals surface area contributed by atoms with Crippen LogP contribution in [0.5, 0.6) is 0 Å². The quantitative estimate of drug-likeness (QED) is 0.567. The van der Waals surface area contributed by atoms with Crippen LogP contribution in [-0.2, 0) is 4.57 Å². The van der Waals surface area contributed by atoms with Gasteiger partial charge < -0.3 is 4.57 Å². The Balaban J connectivity index is 3.83. The van der Waals surface area contributed by atoms with Gasteiger partial charge in [-0.15, -0.1) is 0 Å². The molecule has 0 aromatic carbocycles. The predicted molar refractivity (Wildman–Crippen MR) is 48.5 cm³/mol. The molecule has 0 saturated carbocycles. The largest absolute Gasteiger partial charge is 0.324 e. The Bertz CT molecular complexity index is 110. The summed E-state index contributed by atoms with van der Waals surface area (Å²) in [4.78, 5) is 0. The topological polar surface area (TPSA) is 17.1 Å². The Hall–Kier alpha value is 0.230. The molecule has 0 unspecified atom stereocenters. The lowest BCUT2D eigenvalue weighted by Gasteiger charge is -2.13. The van der Waals surface area contributed by atoms with Crippen LogP contribution in [0.4, 0.5) is 0 Å². The average Bonchev–Trinajstić information content (AvgIpc) is 1.89. The zero-order valence-corrected chi connectivity index (χ0v) is 8.29. The number of hydrogen-bond donors (Lipinski definition) is 0. The van der Waals surface area contributed by atoms with Crippen LogP contribution >= 0.6 is 7.14 Å². The SMILES string of the molecule is CCCP(=O)(CC)CCC. The van der Waals surface area contributed by atoms with Gasteiger partial charge in [-0.3, -0.25) is 0 Å². The van der Waals surface area contributed by atoms with Crippen LogP contribution in [0, 0.1) is 0 Å². The van der Waals surface area contributed by atoms with Crippen molar-refractivity contribution in [3.8, 4) is 0 Å². The molecule has 1 nitrogen and oxygen atoms in total. The summed E-state index contributed by atoms with van der Waals surface area (Å²) in [5.41, 5.74) is 0. The highest BCUT2D eigenvalue weighted by atomic mass is 31.2. The van der Waals surface area contributed by atoms with E-state index in [1.165, 1.54) is 0 Å². The van der Waals surface area contributed by atoms with Gasteiger partial charge in [0.2, 0.25) is 0 Å². The molecule has 0 rings (SSSR count). The summed E-state index contributed by atoms with van der Waals surface area (Å²) in [6.07, 6.45) is 4.96. The van der Waals surface area contributed by atoms with Crippen molar-refractivity contribution in [2.75, 3.05) is 18.5 Å². The molecule has 0 heterocycles. The lowest BCUT2D eigenvalue weighted by atomic mass is 10.6. The molecular formula is C8H19OP. The highest BCUT2D eigenvalue weighted by Crippen LogP contribution is 2.45. The molecule has 2 heteroatoms. The van der Waals surface area contributed by atoms with Crippen LogP contribution in [0.15, 0.2) is 0 Å². The smallest absolute Gasteiger partial charge is 0.0874 e. The molecule has 0 radical (unpaired) electrons. The van der Waals surface area contributed by atoms with Gasteiger partial charge in [-0.05, 0) is 19.0 Å². The maximum Gasteiger partial charge on any atom is 0.0874 e. The van der Waals surface area contributed by atoms with Crippen molar-refractivity contribution in [2.45, 2.75) is 33.6 Å². The molecule has 0 fully saturated rings. The fourth-order valence-corrected chi connectivity index (χ4v) is 3.73. The minimum absolute atomic E-state index is 0.898. The summed E-state index contributed by atoms with van der Waals surface area (Å²) in [5, 5.41) is 0. The fourth-order valence-electron chi connectivity index (χ4n) is 1.24. The van der Waals surface area contributed by atoms with E-state index in [0.29, 0.717) is 0 Å². The van der Waals surface area contributed by atoms with E-state index in [0.717, 1.165) is 31.3 Å². The third-order valence-electron chi connectivity index (χ3n) is 1.84. The Morgan fingerprint density at radius 2 is 1.40 bits per heavy atom. The standard InChI is InChI=1S/C8H19OP/c1-4-7-10(9,6-3)8-5-2/h4-8H2,1-3H3. The molecule has 0 bridgehead atoms. The van der Waals surface area contributed by atoms with E-state index in [1.54, 1.807) is 0 Å². The van der Waals surface area contributed by atoms with E-state index in [1.807, 2.05) is 6.92 Å². The Morgan fingerprint density at radius 3 is 1.60 bits per heavy atom. The second-order valence-corrected chi connectivity index (χ2v) is 6.46. The number of rotatable bonds is 5. The van der Waals surface area contributed by atoms with E-state index >= 15 is 0 Å². The first kappa shape index (κ1) is 10.2. The maximum atomic E-state index is 11.8. The molecule has 0 N–H and O–H groups in total. The molecule has 0 aliphatic carbocycles. The van der Waals surface area contributed by atoms with Crippen LogP contribution in [0.25, 0.3) is 0 Å². The minimum atomic E-state index is -1.70. The van der Waals surface area contributed by atoms with E-state index in [-0.39, 0.29) is 0 Å². The number of hydrogen-bond acceptors (Lipinski definition) is 1. The minimum Gasteiger partial charge on any atom is -0.324 e. The van der Waals surface area contributed by atoms with Crippen molar-refractivity contribution in [1.82, 2.24) is 0 Å². The second kappa shape index (κ2) is 4.96. The predicted octanol–water partition coefficient (Wildman–Crippen LogP) is 3.19. The van der Waals surface area contributed by atoms with Gasteiger partial charge in [0.1, 0.15) is 0 Å². The van der Waals surface area contributed by atoms with Gasteiger partial charge in [-0.1, -0.05) is 20.8 Å². The van der Waals surface area contributed by atoms with E-state index < -0.39 is 7.14 Å². The highest BCUT2D eigenvalue weighted by molar-refractivity contribution is 7.63. The van der Waals surface area contributed by atoms with Crippen molar-refractivity contribution in [1.29, 1.82) is 0 Å². The Labute approximate surface area is 64.6 Å². The Morgan fingerprint density at radius 1 is 1.00 bits per heavy atom. The third kappa shape index (κ3) is 3.41. The first-order valence-electron chi connectivity index (χ1n) is 4.25. The van der Waals surface area contributed by atoms with E-state index in [9.17, 15) is 4.57 Å². The van der Waals surface area contributed by atoms with Gasteiger partial charge in [0.25, 0.3) is 0 Å². The second-order valence-electron chi connectivity index (χ2n) is 2.82. The van der Waals surface area contributed by atoms with Crippen molar-refractivity contribution in [3.05, 3.63) is 0 Å². The van der Waals surface area contributed by atoms with Crippen molar-refractivity contribution < 1.29 is 4.57 Å². The van der Waals surface area contributed by atoms with Gasteiger partial charge in [-0.2, -0.15) is 0 Å². The third-order valence-corrected chi connectivity index (χ3v) is 5.52. The molecule has 0 saturated heterocycles. The molecule has 0 aromatic heterocycles. The lowest BCUT2D eigenvalue weighted by molar-refractivity contribution is 0.573. The summed E-state index contributed by atoms with van der Waals surface area (Å²) in [7, 11) is -1.70. The van der Waals surface area contributed by atoms with Crippen molar-refractivity contribution in [2.24, 2.45) is 0 Å². The molecule has 0 amide bonds. The molecule has 0 aromatic rings. The molecule has 0 spiro atoms. The van der Waals surface area contributed by atoms with Gasteiger partial charge in [0, 0.05) is 12.3 Å². The average molecular weight is 162 g/mol. The van der Waals surface area contributed by atoms with Gasteiger partial charge >= 0.3 is 0 Å². The van der Waals surface area contributed by atoms with Crippen molar-refractivity contribution >= 4 is 7.14 Å². The monoisotopic (exact) mass is 162 g/mol. The first-order chi connectivity index (χ1) is 4.68. The normalized spacial score (nSPS) is 11.9. The van der Waals surface area contributed by atoms with Gasteiger partial charge in [-0.25, -0.2) is 0 Å². The first-order valence-corrected chi connectivity index (χ1v) is 6.52.